The van der Waals surface area contributed by atoms with Crippen LogP contribution >= 0.6 is 39.3 Å². The second-order valence-corrected chi connectivity index (χ2v) is 6.95. The highest BCUT2D eigenvalue weighted by Gasteiger charge is 2.09. The third kappa shape index (κ3) is 4.73. The molecule has 0 heterocycles. The third-order valence-corrected chi connectivity index (χ3v) is 5.19. The molecule has 6 heteroatoms. The molecule has 1 N–H and O–H groups in total. The highest BCUT2D eigenvalue weighted by molar-refractivity contribution is 9.10. The Morgan fingerprint density at radius 1 is 1.36 bits per heavy atom. The Kier molecular flexibility index (Phi) is 6.29. The quantitative estimate of drug-likeness (QED) is 0.723. The number of thioether (sulfide) groups is 1. The van der Waals surface area contributed by atoms with E-state index in [0.29, 0.717) is 16.3 Å². The number of rotatable bonds is 5. The number of hydrogen-bond acceptors (Lipinski definition) is 2. The van der Waals surface area contributed by atoms with Gasteiger partial charge in [0, 0.05) is 26.5 Å². The largest absolute Gasteiger partial charge is 0.325 e. The van der Waals surface area contributed by atoms with Crippen LogP contribution in [0.1, 0.15) is 11.1 Å². The molecule has 0 aliphatic heterocycles. The van der Waals surface area contributed by atoms with Crippen LogP contribution in [0.3, 0.4) is 0 Å². The molecule has 0 saturated carbocycles. The van der Waals surface area contributed by atoms with Gasteiger partial charge in [0.05, 0.1) is 5.75 Å². The lowest BCUT2D eigenvalue weighted by molar-refractivity contribution is -0.113. The molecule has 0 aromatic heterocycles. The highest BCUT2D eigenvalue weighted by atomic mass is 79.9. The average Bonchev–Trinajstić information content (AvgIpc) is 2.46. The lowest BCUT2D eigenvalue weighted by atomic mass is 10.2. The third-order valence-electron chi connectivity index (χ3n) is 2.98. The maximum atomic E-state index is 13.6. The van der Waals surface area contributed by atoms with Gasteiger partial charge in [-0.3, -0.25) is 4.79 Å². The monoisotopic (exact) mass is 401 g/mol. The predicted octanol–water partition coefficient (Wildman–Crippen LogP) is 5.42. The first-order valence-electron chi connectivity index (χ1n) is 6.54. The minimum atomic E-state index is -0.344. The topological polar surface area (TPSA) is 29.1 Å². The van der Waals surface area contributed by atoms with Crippen LogP contribution in [0.25, 0.3) is 0 Å². The van der Waals surface area contributed by atoms with Crippen molar-refractivity contribution in [1.29, 1.82) is 0 Å². The summed E-state index contributed by atoms with van der Waals surface area (Å²) in [6, 6.07) is 10.2. The molecule has 0 unspecified atom stereocenters. The van der Waals surface area contributed by atoms with Gasteiger partial charge in [-0.05, 0) is 42.8 Å². The SMILES string of the molecule is Cc1cc(NC(=O)CSCc2c(F)cccc2Cl)ccc1Br. The first kappa shape index (κ1) is 17.3. The van der Waals surface area contributed by atoms with Gasteiger partial charge in [0.1, 0.15) is 5.82 Å². The lowest BCUT2D eigenvalue weighted by Gasteiger charge is -2.08. The van der Waals surface area contributed by atoms with E-state index in [1.165, 1.54) is 17.8 Å². The number of nitrogens with one attached hydrogen (secondary N) is 1. The maximum absolute atomic E-state index is 13.6. The van der Waals surface area contributed by atoms with Crippen molar-refractivity contribution in [1.82, 2.24) is 0 Å². The van der Waals surface area contributed by atoms with E-state index in [1.54, 1.807) is 12.1 Å². The standard InChI is InChI=1S/C16H14BrClFNOS/c1-10-7-11(5-6-13(10)17)20-16(21)9-22-8-12-14(18)3-2-4-15(12)19/h2-7H,8-9H2,1H3,(H,20,21). The van der Waals surface area contributed by atoms with Crippen LogP contribution in [-0.4, -0.2) is 11.7 Å². The van der Waals surface area contributed by atoms with Crippen LogP contribution in [0.5, 0.6) is 0 Å². The van der Waals surface area contributed by atoms with E-state index >= 15 is 0 Å². The second-order valence-electron chi connectivity index (χ2n) is 4.71. The van der Waals surface area contributed by atoms with Gasteiger partial charge in [0.25, 0.3) is 0 Å². The van der Waals surface area contributed by atoms with Crippen molar-refractivity contribution < 1.29 is 9.18 Å². The van der Waals surface area contributed by atoms with Crippen LogP contribution in [0.4, 0.5) is 10.1 Å². The second kappa shape index (κ2) is 7.99. The van der Waals surface area contributed by atoms with Gasteiger partial charge >= 0.3 is 0 Å². The first-order valence-corrected chi connectivity index (χ1v) is 8.86. The van der Waals surface area contributed by atoms with Gasteiger partial charge in [0.2, 0.25) is 5.91 Å². The van der Waals surface area contributed by atoms with Crippen molar-refractivity contribution >= 4 is 50.9 Å². The fourth-order valence-electron chi connectivity index (χ4n) is 1.84. The summed E-state index contributed by atoms with van der Waals surface area (Å²) in [4.78, 5) is 11.9. The van der Waals surface area contributed by atoms with Crippen molar-refractivity contribution in [2.45, 2.75) is 12.7 Å². The molecule has 0 radical (unpaired) electrons. The van der Waals surface area contributed by atoms with Crippen LogP contribution in [-0.2, 0) is 10.5 Å². The van der Waals surface area contributed by atoms with Crippen LogP contribution in [0, 0.1) is 12.7 Å². The number of benzene rings is 2. The van der Waals surface area contributed by atoms with Crippen molar-refractivity contribution in [3.63, 3.8) is 0 Å². The maximum Gasteiger partial charge on any atom is 0.234 e. The number of amides is 1. The number of halogens is 3. The molecular formula is C16H14BrClFNOS. The lowest BCUT2D eigenvalue weighted by Crippen LogP contribution is -2.14. The van der Waals surface area contributed by atoms with E-state index in [1.807, 2.05) is 25.1 Å². The fraction of sp³-hybridized carbons (Fsp3) is 0.188. The molecule has 2 aromatic carbocycles. The molecule has 2 rings (SSSR count). The molecule has 2 nitrogen and oxygen atoms in total. The molecule has 1 amide bonds. The van der Waals surface area contributed by atoms with E-state index in [2.05, 4.69) is 21.2 Å². The summed E-state index contributed by atoms with van der Waals surface area (Å²) in [6.45, 7) is 1.95. The molecular weight excluding hydrogens is 389 g/mol. The zero-order valence-electron chi connectivity index (χ0n) is 11.8. The van der Waals surface area contributed by atoms with Gasteiger partial charge in [-0.15, -0.1) is 11.8 Å². The van der Waals surface area contributed by atoms with E-state index < -0.39 is 0 Å². The summed E-state index contributed by atoms with van der Waals surface area (Å²) in [6.07, 6.45) is 0. The summed E-state index contributed by atoms with van der Waals surface area (Å²) in [5.41, 5.74) is 2.22. The molecule has 0 aliphatic rings. The van der Waals surface area contributed by atoms with E-state index in [9.17, 15) is 9.18 Å². The summed E-state index contributed by atoms with van der Waals surface area (Å²) in [5, 5.41) is 3.20. The predicted molar refractivity (Wildman–Crippen MR) is 95.1 cm³/mol. The van der Waals surface area contributed by atoms with Crippen molar-refractivity contribution in [3.05, 3.63) is 62.8 Å². The molecule has 0 spiro atoms. The Labute approximate surface area is 146 Å². The van der Waals surface area contributed by atoms with Gasteiger partial charge in [-0.2, -0.15) is 0 Å². The first-order chi connectivity index (χ1) is 10.5. The normalized spacial score (nSPS) is 10.5. The zero-order chi connectivity index (χ0) is 16.1. The minimum Gasteiger partial charge on any atom is -0.325 e. The fourth-order valence-corrected chi connectivity index (χ4v) is 3.25. The Bertz CT molecular complexity index is 676. The van der Waals surface area contributed by atoms with Crippen LogP contribution < -0.4 is 5.32 Å². The van der Waals surface area contributed by atoms with Gasteiger partial charge in [0.15, 0.2) is 0 Å². The number of anilines is 1. The summed E-state index contributed by atoms with van der Waals surface area (Å²) < 4.78 is 14.6. The number of aryl methyl sites for hydroxylation is 1. The summed E-state index contributed by atoms with van der Waals surface area (Å²) in [7, 11) is 0. The summed E-state index contributed by atoms with van der Waals surface area (Å²) >= 11 is 10.7. The average molecular weight is 403 g/mol. The number of carbonyl (C=O) groups is 1. The Balaban J connectivity index is 1.86. The van der Waals surface area contributed by atoms with Gasteiger partial charge < -0.3 is 5.32 Å². The Hall–Kier alpha value is -1.04. The van der Waals surface area contributed by atoms with Crippen LogP contribution in [0.2, 0.25) is 5.02 Å². The molecule has 0 atom stereocenters. The highest BCUT2D eigenvalue weighted by Crippen LogP contribution is 2.24. The number of hydrogen-bond donors (Lipinski definition) is 1. The van der Waals surface area contributed by atoms with E-state index in [0.717, 1.165) is 15.7 Å². The van der Waals surface area contributed by atoms with Crippen molar-refractivity contribution in [2.24, 2.45) is 0 Å². The number of carbonyl (C=O) groups excluding carboxylic acids is 1. The smallest absolute Gasteiger partial charge is 0.234 e. The Morgan fingerprint density at radius 2 is 2.14 bits per heavy atom. The molecule has 0 aliphatic carbocycles. The molecule has 2 aromatic rings. The Morgan fingerprint density at radius 3 is 2.82 bits per heavy atom. The minimum absolute atomic E-state index is 0.126. The van der Waals surface area contributed by atoms with Gasteiger partial charge in [-0.25, -0.2) is 4.39 Å². The van der Waals surface area contributed by atoms with Crippen molar-refractivity contribution in [2.75, 3.05) is 11.1 Å². The van der Waals surface area contributed by atoms with Gasteiger partial charge in [-0.1, -0.05) is 33.6 Å². The van der Waals surface area contributed by atoms with Crippen LogP contribution in [0.15, 0.2) is 40.9 Å². The van der Waals surface area contributed by atoms with E-state index in [4.69, 9.17) is 11.6 Å². The van der Waals surface area contributed by atoms with Crippen molar-refractivity contribution in [3.8, 4) is 0 Å². The molecule has 116 valence electrons. The molecule has 0 saturated heterocycles. The van der Waals surface area contributed by atoms with E-state index in [-0.39, 0.29) is 17.5 Å². The molecule has 0 fully saturated rings. The summed E-state index contributed by atoms with van der Waals surface area (Å²) in [5.74, 6) is 0.126. The zero-order valence-corrected chi connectivity index (χ0v) is 15.0. The molecule has 22 heavy (non-hydrogen) atoms. The molecule has 0 bridgehead atoms.